The van der Waals surface area contributed by atoms with Gasteiger partial charge in [0.2, 0.25) is 0 Å². The molecule has 0 saturated heterocycles. The van der Waals surface area contributed by atoms with Crippen molar-refractivity contribution in [3.63, 3.8) is 0 Å². The first kappa shape index (κ1) is 27.7. The molecular formula is C28H29N3O7. The highest BCUT2D eigenvalue weighted by Gasteiger charge is 2.14. The number of nitrogens with one attached hydrogen (secondary N) is 2. The van der Waals surface area contributed by atoms with Crippen molar-refractivity contribution < 1.29 is 33.3 Å². The maximum Gasteiger partial charge on any atom is 0.343 e. The van der Waals surface area contributed by atoms with Crippen LogP contribution in [0.4, 0.5) is 0 Å². The van der Waals surface area contributed by atoms with Crippen molar-refractivity contribution in [2.45, 2.75) is 13.8 Å². The second-order valence-electron chi connectivity index (χ2n) is 7.69. The van der Waals surface area contributed by atoms with Gasteiger partial charge in [0.05, 0.1) is 38.6 Å². The molecule has 0 spiro atoms. The van der Waals surface area contributed by atoms with Crippen molar-refractivity contribution >= 4 is 24.0 Å². The van der Waals surface area contributed by atoms with Crippen molar-refractivity contribution in [3.8, 4) is 23.0 Å². The largest absolute Gasteiger partial charge is 0.497 e. The Morgan fingerprint density at radius 3 is 2.13 bits per heavy atom. The molecule has 0 fully saturated rings. The first-order valence-corrected chi connectivity index (χ1v) is 11.9. The summed E-state index contributed by atoms with van der Waals surface area (Å²) in [7, 11) is 1.53. The highest BCUT2D eigenvalue weighted by atomic mass is 16.6. The van der Waals surface area contributed by atoms with Crippen molar-refractivity contribution in [3.05, 3.63) is 83.4 Å². The Balaban J connectivity index is 1.55. The van der Waals surface area contributed by atoms with Crippen LogP contribution in [0.2, 0.25) is 0 Å². The standard InChI is InChI=1S/C28H29N3O7/c1-4-36-23-13-9-21(10-14-23)28(34)38-24-15-6-19(16-25(24)37-5-2)17-30-31-26(32)18-29-27(33)20-7-11-22(35-3)12-8-20/h6-17H,4-5,18H2,1-3H3,(H,29,33)(H,31,32). The van der Waals surface area contributed by atoms with Crippen LogP contribution in [0.15, 0.2) is 71.8 Å². The second-order valence-corrected chi connectivity index (χ2v) is 7.69. The number of nitrogens with zero attached hydrogens (tertiary/aromatic N) is 1. The van der Waals surface area contributed by atoms with Gasteiger partial charge in [0.25, 0.3) is 11.8 Å². The molecular weight excluding hydrogens is 490 g/mol. The fourth-order valence-corrected chi connectivity index (χ4v) is 3.19. The van der Waals surface area contributed by atoms with Crippen molar-refractivity contribution in [2.75, 3.05) is 26.9 Å². The van der Waals surface area contributed by atoms with E-state index in [4.69, 9.17) is 18.9 Å². The third-order valence-electron chi connectivity index (χ3n) is 5.04. The summed E-state index contributed by atoms with van der Waals surface area (Å²) in [5.74, 6) is 0.424. The molecule has 3 aromatic carbocycles. The first-order valence-electron chi connectivity index (χ1n) is 11.9. The molecule has 2 amide bonds. The van der Waals surface area contributed by atoms with E-state index in [1.807, 2.05) is 6.92 Å². The van der Waals surface area contributed by atoms with Gasteiger partial charge in [0, 0.05) is 5.56 Å². The van der Waals surface area contributed by atoms with E-state index in [9.17, 15) is 14.4 Å². The summed E-state index contributed by atoms with van der Waals surface area (Å²) < 4.78 is 21.6. The summed E-state index contributed by atoms with van der Waals surface area (Å²) in [6.07, 6.45) is 1.41. The number of hydrogen-bond acceptors (Lipinski definition) is 8. The Hall–Kier alpha value is -4.86. The summed E-state index contributed by atoms with van der Waals surface area (Å²) in [6, 6.07) is 18.0. The van der Waals surface area contributed by atoms with Gasteiger partial charge in [0.15, 0.2) is 11.5 Å². The molecule has 0 aliphatic rings. The fraction of sp³-hybridized carbons (Fsp3) is 0.214. The third-order valence-corrected chi connectivity index (χ3v) is 5.04. The Morgan fingerprint density at radius 2 is 1.47 bits per heavy atom. The number of amides is 2. The van der Waals surface area contributed by atoms with Crippen molar-refractivity contribution in [1.29, 1.82) is 0 Å². The zero-order chi connectivity index (χ0) is 27.3. The molecule has 2 N–H and O–H groups in total. The van der Waals surface area contributed by atoms with Crippen LogP contribution in [0.25, 0.3) is 0 Å². The van der Waals surface area contributed by atoms with Gasteiger partial charge in [-0.1, -0.05) is 0 Å². The van der Waals surface area contributed by atoms with E-state index in [2.05, 4.69) is 15.8 Å². The van der Waals surface area contributed by atoms with E-state index < -0.39 is 17.8 Å². The number of rotatable bonds is 12. The lowest BCUT2D eigenvalue weighted by Crippen LogP contribution is -2.34. The summed E-state index contributed by atoms with van der Waals surface area (Å²) >= 11 is 0. The lowest BCUT2D eigenvalue weighted by atomic mass is 10.2. The van der Waals surface area contributed by atoms with Gasteiger partial charge >= 0.3 is 5.97 Å². The quantitative estimate of drug-likeness (QED) is 0.162. The predicted molar refractivity (Wildman–Crippen MR) is 141 cm³/mol. The summed E-state index contributed by atoms with van der Waals surface area (Å²) in [5, 5.41) is 6.43. The number of benzene rings is 3. The number of carbonyl (C=O) groups is 3. The molecule has 10 nitrogen and oxygen atoms in total. The maximum atomic E-state index is 12.6. The number of esters is 1. The summed E-state index contributed by atoms with van der Waals surface area (Å²) in [4.78, 5) is 36.8. The predicted octanol–water partition coefficient (Wildman–Crippen LogP) is 3.59. The zero-order valence-electron chi connectivity index (χ0n) is 21.4. The summed E-state index contributed by atoms with van der Waals surface area (Å²) in [5.41, 5.74) is 3.70. The van der Waals surface area contributed by atoms with Gasteiger partial charge in [-0.2, -0.15) is 5.10 Å². The lowest BCUT2D eigenvalue weighted by molar-refractivity contribution is -0.120. The van der Waals surface area contributed by atoms with Gasteiger partial charge in [-0.15, -0.1) is 0 Å². The smallest absolute Gasteiger partial charge is 0.343 e. The molecule has 0 aliphatic heterocycles. The van der Waals surface area contributed by atoms with E-state index in [-0.39, 0.29) is 12.3 Å². The average Bonchev–Trinajstić information content (AvgIpc) is 2.93. The molecule has 0 atom stereocenters. The highest BCUT2D eigenvalue weighted by Crippen LogP contribution is 2.29. The lowest BCUT2D eigenvalue weighted by Gasteiger charge is -2.11. The molecule has 0 radical (unpaired) electrons. The number of carbonyl (C=O) groups excluding carboxylic acids is 3. The summed E-state index contributed by atoms with van der Waals surface area (Å²) in [6.45, 7) is 4.30. The van der Waals surface area contributed by atoms with Gasteiger partial charge in [-0.05, 0) is 86.1 Å². The molecule has 0 aromatic heterocycles. The minimum absolute atomic E-state index is 0.244. The van der Waals surface area contributed by atoms with E-state index in [1.54, 1.807) is 73.7 Å². The average molecular weight is 520 g/mol. The topological polar surface area (TPSA) is 125 Å². The van der Waals surface area contributed by atoms with Crippen LogP contribution in [0.1, 0.15) is 40.1 Å². The van der Waals surface area contributed by atoms with Gasteiger partial charge in [-0.3, -0.25) is 9.59 Å². The van der Waals surface area contributed by atoms with Crippen molar-refractivity contribution in [2.24, 2.45) is 5.10 Å². The van der Waals surface area contributed by atoms with E-state index >= 15 is 0 Å². The minimum atomic E-state index is -0.542. The molecule has 3 aromatic rings. The van der Waals surface area contributed by atoms with Crippen molar-refractivity contribution in [1.82, 2.24) is 10.7 Å². The van der Waals surface area contributed by atoms with Crippen LogP contribution in [-0.4, -0.2) is 50.9 Å². The Morgan fingerprint density at radius 1 is 0.816 bits per heavy atom. The SMILES string of the molecule is CCOc1ccc(C(=O)Oc2ccc(C=NNC(=O)CNC(=O)c3ccc(OC)cc3)cc2OCC)cc1. The number of ether oxygens (including phenoxy) is 4. The molecule has 0 unspecified atom stereocenters. The van der Waals surface area contributed by atoms with E-state index in [0.717, 1.165) is 0 Å². The minimum Gasteiger partial charge on any atom is -0.497 e. The number of hydrogen-bond donors (Lipinski definition) is 2. The Kier molecular flexibility index (Phi) is 10.2. The molecule has 38 heavy (non-hydrogen) atoms. The molecule has 0 bridgehead atoms. The van der Waals surface area contributed by atoms with Crippen LogP contribution < -0.4 is 29.7 Å². The highest BCUT2D eigenvalue weighted by molar-refractivity contribution is 5.96. The van der Waals surface area contributed by atoms with Gasteiger partial charge < -0.3 is 24.3 Å². The molecule has 198 valence electrons. The van der Waals surface area contributed by atoms with Crippen LogP contribution in [0, 0.1) is 0 Å². The van der Waals surface area contributed by atoms with Gasteiger partial charge in [0.1, 0.15) is 11.5 Å². The Bertz CT molecular complexity index is 1270. The fourth-order valence-electron chi connectivity index (χ4n) is 3.19. The molecule has 0 saturated carbocycles. The van der Waals surface area contributed by atoms with E-state index in [0.29, 0.717) is 47.2 Å². The zero-order valence-corrected chi connectivity index (χ0v) is 21.4. The molecule has 10 heteroatoms. The molecule has 3 rings (SSSR count). The second kappa shape index (κ2) is 14.0. The molecule has 0 heterocycles. The van der Waals surface area contributed by atoms with E-state index in [1.165, 1.54) is 13.3 Å². The van der Waals surface area contributed by atoms with Crippen LogP contribution >= 0.6 is 0 Å². The van der Waals surface area contributed by atoms with Crippen LogP contribution in [-0.2, 0) is 4.79 Å². The van der Waals surface area contributed by atoms with Crippen LogP contribution in [0.3, 0.4) is 0 Å². The molecule has 0 aliphatic carbocycles. The third kappa shape index (κ3) is 8.09. The van der Waals surface area contributed by atoms with Crippen LogP contribution in [0.5, 0.6) is 23.0 Å². The number of methoxy groups -OCH3 is 1. The van der Waals surface area contributed by atoms with Gasteiger partial charge in [-0.25, -0.2) is 10.2 Å². The monoisotopic (exact) mass is 519 g/mol. The normalized spacial score (nSPS) is 10.5. The maximum absolute atomic E-state index is 12.6. The Labute approximate surface area is 220 Å². The number of hydrazone groups is 1. The first-order chi connectivity index (χ1) is 18.4.